The summed E-state index contributed by atoms with van der Waals surface area (Å²) in [5, 5.41) is 3.45. The van der Waals surface area contributed by atoms with E-state index < -0.39 is 0 Å². The third-order valence-corrected chi connectivity index (χ3v) is 3.85. The van der Waals surface area contributed by atoms with Crippen LogP contribution in [0.15, 0.2) is 35.9 Å². The second-order valence-electron chi connectivity index (χ2n) is 6.26. The monoisotopic (exact) mass is 243 g/mol. The fourth-order valence-electron chi connectivity index (χ4n) is 2.70. The highest BCUT2D eigenvalue weighted by molar-refractivity contribution is 5.34. The average molecular weight is 243 g/mol. The predicted octanol–water partition coefficient (Wildman–Crippen LogP) is 4.35. The van der Waals surface area contributed by atoms with E-state index in [4.69, 9.17) is 0 Å². The van der Waals surface area contributed by atoms with Gasteiger partial charge in [0.05, 0.1) is 6.04 Å². The van der Waals surface area contributed by atoms with Gasteiger partial charge in [-0.2, -0.15) is 0 Å². The van der Waals surface area contributed by atoms with Crippen LogP contribution >= 0.6 is 0 Å². The van der Waals surface area contributed by atoms with Crippen molar-refractivity contribution in [1.29, 1.82) is 0 Å². The van der Waals surface area contributed by atoms with Crippen LogP contribution in [0, 0.1) is 0 Å². The molecule has 1 atom stereocenters. The van der Waals surface area contributed by atoms with Crippen LogP contribution in [0.5, 0.6) is 0 Å². The number of rotatable bonds is 3. The number of hydrogen-bond acceptors (Lipinski definition) is 1. The second-order valence-corrected chi connectivity index (χ2v) is 6.26. The average Bonchev–Trinajstić information content (AvgIpc) is 2.83. The third kappa shape index (κ3) is 2.84. The molecule has 1 aliphatic rings. The lowest BCUT2D eigenvalue weighted by Gasteiger charge is -2.22. The summed E-state index contributed by atoms with van der Waals surface area (Å²) in [4.78, 5) is 0. The van der Waals surface area contributed by atoms with Gasteiger partial charge in [0.25, 0.3) is 0 Å². The van der Waals surface area contributed by atoms with Crippen LogP contribution in [0.1, 0.15) is 57.2 Å². The zero-order valence-corrected chi connectivity index (χ0v) is 12.1. The number of likely N-dealkylation sites (N-methyl/N-ethyl adjacent to an activating group) is 1. The molecule has 1 N–H and O–H groups in total. The van der Waals surface area contributed by atoms with Crippen LogP contribution < -0.4 is 5.32 Å². The van der Waals surface area contributed by atoms with E-state index in [2.05, 4.69) is 63.5 Å². The SMILES string of the molecule is CNC(C1=CCCC1)c1ccc(C(C)(C)C)cc1. The number of benzene rings is 1. The number of allylic oxidation sites excluding steroid dienone is 1. The van der Waals surface area contributed by atoms with Crippen molar-refractivity contribution in [2.24, 2.45) is 0 Å². The summed E-state index contributed by atoms with van der Waals surface area (Å²) in [5.41, 5.74) is 4.58. The van der Waals surface area contributed by atoms with Crippen molar-refractivity contribution in [3.8, 4) is 0 Å². The standard InChI is InChI=1S/C17H25N/c1-17(2,3)15-11-9-14(10-12-15)16(18-4)13-7-5-6-8-13/h7,9-12,16,18H,5-6,8H2,1-4H3. The Balaban J connectivity index is 2.22. The van der Waals surface area contributed by atoms with Gasteiger partial charge in [0, 0.05) is 0 Å². The number of nitrogens with one attached hydrogen (secondary N) is 1. The molecule has 1 aliphatic carbocycles. The molecular weight excluding hydrogens is 218 g/mol. The molecule has 0 heterocycles. The van der Waals surface area contributed by atoms with Gasteiger partial charge in [-0.05, 0) is 42.9 Å². The van der Waals surface area contributed by atoms with Gasteiger partial charge in [-0.1, -0.05) is 56.7 Å². The molecule has 1 unspecified atom stereocenters. The van der Waals surface area contributed by atoms with Gasteiger partial charge < -0.3 is 5.32 Å². The largest absolute Gasteiger partial charge is 0.310 e. The molecule has 0 fully saturated rings. The minimum absolute atomic E-state index is 0.236. The van der Waals surface area contributed by atoms with Crippen LogP contribution in [-0.4, -0.2) is 7.05 Å². The Hall–Kier alpha value is -1.08. The van der Waals surface area contributed by atoms with Gasteiger partial charge in [0.1, 0.15) is 0 Å². The highest BCUT2D eigenvalue weighted by Crippen LogP contribution is 2.31. The van der Waals surface area contributed by atoms with E-state index in [1.807, 2.05) is 0 Å². The lowest BCUT2D eigenvalue weighted by Crippen LogP contribution is -2.18. The summed E-state index contributed by atoms with van der Waals surface area (Å²) in [5.74, 6) is 0. The Bertz CT molecular complexity index is 420. The smallest absolute Gasteiger partial charge is 0.0533 e. The third-order valence-electron chi connectivity index (χ3n) is 3.85. The van der Waals surface area contributed by atoms with Crippen molar-refractivity contribution >= 4 is 0 Å². The molecule has 18 heavy (non-hydrogen) atoms. The molecule has 1 heteroatoms. The van der Waals surface area contributed by atoms with E-state index in [1.54, 1.807) is 5.57 Å². The van der Waals surface area contributed by atoms with E-state index in [0.717, 1.165) is 0 Å². The fourth-order valence-corrected chi connectivity index (χ4v) is 2.70. The first-order chi connectivity index (χ1) is 8.52. The molecule has 0 spiro atoms. The first-order valence-electron chi connectivity index (χ1n) is 6.99. The molecule has 1 aromatic carbocycles. The van der Waals surface area contributed by atoms with Gasteiger partial charge in [0.15, 0.2) is 0 Å². The Morgan fingerprint density at radius 2 is 1.78 bits per heavy atom. The molecule has 0 amide bonds. The van der Waals surface area contributed by atoms with Crippen molar-refractivity contribution in [3.05, 3.63) is 47.0 Å². The van der Waals surface area contributed by atoms with Crippen molar-refractivity contribution in [3.63, 3.8) is 0 Å². The second kappa shape index (κ2) is 5.27. The highest BCUT2D eigenvalue weighted by Gasteiger charge is 2.18. The van der Waals surface area contributed by atoms with Crippen LogP contribution in [0.3, 0.4) is 0 Å². The highest BCUT2D eigenvalue weighted by atomic mass is 14.9. The molecule has 0 saturated carbocycles. The normalized spacial score (nSPS) is 17.7. The van der Waals surface area contributed by atoms with E-state index in [1.165, 1.54) is 30.4 Å². The van der Waals surface area contributed by atoms with Crippen molar-refractivity contribution in [1.82, 2.24) is 5.32 Å². The maximum absolute atomic E-state index is 3.45. The van der Waals surface area contributed by atoms with E-state index in [0.29, 0.717) is 6.04 Å². The Labute approximate surface area is 111 Å². The molecule has 0 aromatic heterocycles. The topological polar surface area (TPSA) is 12.0 Å². The summed E-state index contributed by atoms with van der Waals surface area (Å²) < 4.78 is 0. The van der Waals surface area contributed by atoms with Gasteiger partial charge >= 0.3 is 0 Å². The Morgan fingerprint density at radius 3 is 2.22 bits per heavy atom. The maximum Gasteiger partial charge on any atom is 0.0533 e. The molecule has 1 nitrogen and oxygen atoms in total. The first-order valence-corrected chi connectivity index (χ1v) is 6.99. The minimum atomic E-state index is 0.236. The molecule has 0 aliphatic heterocycles. The van der Waals surface area contributed by atoms with Gasteiger partial charge in [-0.3, -0.25) is 0 Å². The summed E-state index contributed by atoms with van der Waals surface area (Å²) in [6.45, 7) is 6.78. The molecule has 2 rings (SSSR count). The molecular formula is C17H25N. The fraction of sp³-hybridized carbons (Fsp3) is 0.529. The van der Waals surface area contributed by atoms with Crippen molar-refractivity contribution < 1.29 is 0 Å². The molecule has 0 saturated heterocycles. The van der Waals surface area contributed by atoms with Gasteiger partial charge in [0.2, 0.25) is 0 Å². The lowest BCUT2D eigenvalue weighted by molar-refractivity contribution is 0.588. The summed E-state index contributed by atoms with van der Waals surface area (Å²) in [6, 6.07) is 9.51. The maximum atomic E-state index is 3.45. The zero-order valence-electron chi connectivity index (χ0n) is 12.1. The summed E-state index contributed by atoms with van der Waals surface area (Å²) in [6.07, 6.45) is 6.20. The number of hydrogen-bond donors (Lipinski definition) is 1. The van der Waals surface area contributed by atoms with Gasteiger partial charge in [-0.15, -0.1) is 0 Å². The van der Waals surface area contributed by atoms with Crippen molar-refractivity contribution in [2.45, 2.75) is 51.5 Å². The predicted molar refractivity (Wildman–Crippen MR) is 78.9 cm³/mol. The summed E-state index contributed by atoms with van der Waals surface area (Å²) in [7, 11) is 2.06. The van der Waals surface area contributed by atoms with Crippen LogP contribution in [0.25, 0.3) is 0 Å². The van der Waals surface area contributed by atoms with Crippen LogP contribution in [0.2, 0.25) is 0 Å². The van der Waals surface area contributed by atoms with E-state index >= 15 is 0 Å². The molecule has 0 radical (unpaired) electrons. The van der Waals surface area contributed by atoms with Crippen LogP contribution in [0.4, 0.5) is 0 Å². The molecule has 0 bridgehead atoms. The lowest BCUT2D eigenvalue weighted by atomic mass is 9.85. The van der Waals surface area contributed by atoms with Crippen LogP contribution in [-0.2, 0) is 5.41 Å². The first kappa shape index (κ1) is 13.4. The van der Waals surface area contributed by atoms with E-state index in [-0.39, 0.29) is 5.41 Å². The van der Waals surface area contributed by atoms with Crippen molar-refractivity contribution in [2.75, 3.05) is 7.05 Å². The van der Waals surface area contributed by atoms with Gasteiger partial charge in [-0.25, -0.2) is 0 Å². The summed E-state index contributed by atoms with van der Waals surface area (Å²) >= 11 is 0. The van der Waals surface area contributed by atoms with E-state index in [9.17, 15) is 0 Å². The molecule has 98 valence electrons. The molecule has 1 aromatic rings. The zero-order chi connectivity index (χ0) is 13.2. The quantitative estimate of drug-likeness (QED) is 0.778. The Kier molecular flexibility index (Phi) is 3.91. The minimum Gasteiger partial charge on any atom is -0.310 e. The Morgan fingerprint density at radius 1 is 1.11 bits per heavy atom.